The van der Waals surface area contributed by atoms with Crippen LogP contribution in [0.5, 0.6) is 0 Å². The first-order valence-corrected chi connectivity index (χ1v) is 15.9. The maximum Gasteiger partial charge on any atom is 0.238 e. The van der Waals surface area contributed by atoms with E-state index in [1.54, 1.807) is 12.3 Å². The van der Waals surface area contributed by atoms with E-state index in [0.717, 1.165) is 6.07 Å². The van der Waals surface area contributed by atoms with Crippen LogP contribution in [0.4, 0.5) is 8.78 Å². The molecule has 0 aliphatic carbocycles. The zero-order valence-electron chi connectivity index (χ0n) is 23.9. The van der Waals surface area contributed by atoms with Crippen LogP contribution in [0.3, 0.4) is 0 Å². The first-order valence-electron chi connectivity index (χ1n) is 13.6. The Bertz CT molecular complexity index is 1390. The Kier molecular flexibility index (Phi) is 9.23. The summed E-state index contributed by atoms with van der Waals surface area (Å²) in [5.74, 6) is -3.01. The number of carbonyl (C=O) groups excluding carboxylic acids is 1. The molecule has 41 heavy (non-hydrogen) atoms. The highest BCUT2D eigenvalue weighted by molar-refractivity contribution is 7.81. The number of hydrogen-bond donors (Lipinski definition) is 2. The molecule has 2 fully saturated rings. The Balaban J connectivity index is 1.87. The average molecular weight is 626 g/mol. The number of piperidine rings is 1. The summed E-state index contributed by atoms with van der Waals surface area (Å²) in [6.07, 6.45) is 3.13. The van der Waals surface area contributed by atoms with Gasteiger partial charge >= 0.3 is 0 Å². The molecule has 4 rings (SSSR count). The zero-order chi connectivity index (χ0) is 30.3. The minimum Gasteiger partial charge on any atom is -0.349 e. The van der Waals surface area contributed by atoms with Crippen molar-refractivity contribution in [3.63, 3.8) is 0 Å². The number of nitrogens with one attached hydrogen (secondary N) is 2. The van der Waals surface area contributed by atoms with Crippen molar-refractivity contribution in [3.8, 4) is 6.07 Å². The van der Waals surface area contributed by atoms with Crippen LogP contribution in [0.25, 0.3) is 0 Å². The van der Waals surface area contributed by atoms with Gasteiger partial charge in [-0.1, -0.05) is 62.2 Å². The number of rotatable bonds is 6. The predicted molar refractivity (Wildman–Crippen MR) is 159 cm³/mol. The maximum atomic E-state index is 15.8. The lowest BCUT2D eigenvalue weighted by Crippen LogP contribution is -2.57. The second-order valence-corrected chi connectivity index (χ2v) is 14.8. The predicted octanol–water partition coefficient (Wildman–Crippen LogP) is 5.86. The van der Waals surface area contributed by atoms with E-state index in [4.69, 9.17) is 23.2 Å². The van der Waals surface area contributed by atoms with Gasteiger partial charge in [-0.15, -0.1) is 0 Å². The molecule has 1 unspecified atom stereocenters. The summed E-state index contributed by atoms with van der Waals surface area (Å²) in [4.78, 5) is 14.2. The Morgan fingerprint density at radius 2 is 1.88 bits per heavy atom. The monoisotopic (exact) mass is 624 g/mol. The van der Waals surface area contributed by atoms with Crippen molar-refractivity contribution in [1.29, 1.82) is 5.26 Å². The Hall–Kier alpha value is -2.09. The number of amides is 1. The van der Waals surface area contributed by atoms with E-state index < -0.39 is 57.5 Å². The Morgan fingerprint density at radius 3 is 2.44 bits per heavy atom. The molecule has 2 aromatic rings. The normalized spacial score (nSPS) is 27.3. The van der Waals surface area contributed by atoms with Crippen LogP contribution < -0.4 is 10.6 Å². The molecule has 2 aliphatic heterocycles. The summed E-state index contributed by atoms with van der Waals surface area (Å²) in [6, 6.07) is 9.11. The molecule has 11 heteroatoms. The van der Waals surface area contributed by atoms with Gasteiger partial charge in [0, 0.05) is 47.4 Å². The lowest BCUT2D eigenvalue weighted by atomic mass is 9.62. The van der Waals surface area contributed by atoms with Gasteiger partial charge < -0.3 is 10.6 Å². The summed E-state index contributed by atoms with van der Waals surface area (Å²) >= 11 is 12.3. The van der Waals surface area contributed by atoms with E-state index in [9.17, 15) is 14.3 Å². The molecule has 0 bridgehead atoms. The highest BCUT2D eigenvalue weighted by atomic mass is 35.5. The minimum absolute atomic E-state index is 0.0378. The van der Waals surface area contributed by atoms with Gasteiger partial charge in [0.25, 0.3) is 0 Å². The van der Waals surface area contributed by atoms with Crippen LogP contribution in [0.15, 0.2) is 36.4 Å². The van der Waals surface area contributed by atoms with Gasteiger partial charge in [-0.05, 0) is 55.4 Å². The molecule has 0 spiro atoms. The van der Waals surface area contributed by atoms with Gasteiger partial charge in [0.1, 0.15) is 17.0 Å². The fourth-order valence-electron chi connectivity index (χ4n) is 6.29. The number of halogens is 4. The van der Waals surface area contributed by atoms with E-state index in [2.05, 4.69) is 16.7 Å². The van der Waals surface area contributed by atoms with Crippen molar-refractivity contribution in [3.05, 3.63) is 69.2 Å². The van der Waals surface area contributed by atoms with Crippen molar-refractivity contribution in [2.45, 2.75) is 75.9 Å². The molecule has 5 atom stereocenters. The fraction of sp³-hybridized carbons (Fsp3) is 0.533. The standard InChI is InChI=1S/C30H36Cl2F2N4O2S/c1-28(2,3)16-23-30(17-35,20-10-9-18(31)15-22(20)33)24(19-7-6-8-21(32)25(19)34)26(36-23)27(39)37-29(4)11-13-38(14-12-29)41(5)40/h6-10,15,23-24,26,36H,11-14,16H2,1-5H3,(H,37,39)/t23-,24-,26+,30-,41?/m0/s1. The van der Waals surface area contributed by atoms with E-state index in [-0.39, 0.29) is 26.6 Å². The van der Waals surface area contributed by atoms with Crippen LogP contribution >= 0.6 is 23.2 Å². The number of nitriles is 1. The first kappa shape index (κ1) is 31.8. The number of benzene rings is 2. The molecule has 0 saturated carbocycles. The highest BCUT2D eigenvalue weighted by Gasteiger charge is 2.61. The fourth-order valence-corrected chi connectivity index (χ4v) is 7.33. The van der Waals surface area contributed by atoms with E-state index >= 15 is 8.78 Å². The molecule has 2 heterocycles. The van der Waals surface area contributed by atoms with Gasteiger partial charge in [-0.3, -0.25) is 4.79 Å². The second-order valence-electron chi connectivity index (χ2n) is 12.6. The minimum atomic E-state index is -1.68. The maximum absolute atomic E-state index is 15.8. The smallest absolute Gasteiger partial charge is 0.238 e. The molecule has 0 aromatic heterocycles. The van der Waals surface area contributed by atoms with Gasteiger partial charge in [0.05, 0.1) is 28.1 Å². The Labute approximate surface area is 253 Å². The SMILES string of the molecule is CS(=O)N1CCC(C)(NC(=O)[C@@H]2N[C@@H](CC(C)(C)C)[C@](C#N)(c3ccc(Cl)cc3F)[C@H]2c2cccc(Cl)c2F)CC1. The third kappa shape index (κ3) is 6.33. The summed E-state index contributed by atoms with van der Waals surface area (Å²) in [6.45, 7) is 8.97. The van der Waals surface area contributed by atoms with E-state index in [1.807, 2.05) is 32.0 Å². The molecule has 6 nitrogen and oxygen atoms in total. The summed E-state index contributed by atoms with van der Waals surface area (Å²) in [5.41, 5.74) is -2.54. The van der Waals surface area contributed by atoms with Gasteiger partial charge in [-0.2, -0.15) is 5.26 Å². The third-order valence-electron chi connectivity index (χ3n) is 8.35. The molecule has 2 N–H and O–H groups in total. The largest absolute Gasteiger partial charge is 0.349 e. The zero-order valence-corrected chi connectivity index (χ0v) is 26.2. The first-order chi connectivity index (χ1) is 19.1. The molecular formula is C30H36Cl2F2N4O2S. The number of hydrogen-bond acceptors (Lipinski definition) is 4. The molecule has 2 aromatic carbocycles. The number of carbonyl (C=O) groups is 1. The highest BCUT2D eigenvalue weighted by Crippen LogP contribution is 2.52. The molecule has 2 aliphatic rings. The van der Waals surface area contributed by atoms with Crippen LogP contribution in [0, 0.1) is 28.4 Å². The lowest BCUT2D eigenvalue weighted by molar-refractivity contribution is -0.125. The molecule has 1 amide bonds. The Morgan fingerprint density at radius 1 is 1.22 bits per heavy atom. The summed E-state index contributed by atoms with van der Waals surface area (Å²) < 4.78 is 45.4. The van der Waals surface area contributed by atoms with E-state index in [0.29, 0.717) is 32.4 Å². The number of nitrogens with zero attached hydrogens (tertiary/aromatic N) is 2. The summed E-state index contributed by atoms with van der Waals surface area (Å²) in [7, 11) is -1.11. The van der Waals surface area contributed by atoms with Crippen LogP contribution in [0.2, 0.25) is 10.0 Å². The van der Waals surface area contributed by atoms with Gasteiger partial charge in [-0.25, -0.2) is 17.3 Å². The van der Waals surface area contributed by atoms with Crippen molar-refractivity contribution in [1.82, 2.24) is 14.9 Å². The molecule has 2 saturated heterocycles. The molecular weight excluding hydrogens is 589 g/mol. The van der Waals surface area contributed by atoms with Crippen molar-refractivity contribution < 1.29 is 17.8 Å². The quantitative estimate of drug-likeness (QED) is 0.422. The van der Waals surface area contributed by atoms with Crippen molar-refractivity contribution in [2.75, 3.05) is 19.3 Å². The molecule has 0 radical (unpaired) electrons. The molecule has 222 valence electrons. The van der Waals surface area contributed by atoms with E-state index in [1.165, 1.54) is 24.3 Å². The van der Waals surface area contributed by atoms with Crippen LogP contribution in [-0.2, 0) is 21.2 Å². The average Bonchev–Trinajstić information content (AvgIpc) is 3.18. The summed E-state index contributed by atoms with van der Waals surface area (Å²) in [5, 5.41) is 17.5. The van der Waals surface area contributed by atoms with Crippen molar-refractivity contribution in [2.24, 2.45) is 5.41 Å². The lowest BCUT2D eigenvalue weighted by Gasteiger charge is -2.40. The topological polar surface area (TPSA) is 85.2 Å². The van der Waals surface area contributed by atoms with Crippen LogP contribution in [-0.4, -0.2) is 51.4 Å². The van der Waals surface area contributed by atoms with Gasteiger partial charge in [0.15, 0.2) is 0 Å². The second kappa shape index (κ2) is 11.9. The third-order valence-corrected chi connectivity index (χ3v) is 9.97. The van der Waals surface area contributed by atoms with Gasteiger partial charge in [0.2, 0.25) is 5.91 Å². The van der Waals surface area contributed by atoms with Crippen LogP contribution in [0.1, 0.15) is 64.0 Å². The van der Waals surface area contributed by atoms with Crippen molar-refractivity contribution >= 4 is 40.1 Å².